The van der Waals surface area contributed by atoms with Crippen LogP contribution in [0.2, 0.25) is 10.0 Å². The molecule has 2 aromatic heterocycles. The molecule has 1 atom stereocenters. The molecule has 0 spiro atoms. The third kappa shape index (κ3) is 5.67. The summed E-state index contributed by atoms with van der Waals surface area (Å²) in [6, 6.07) is 6.17. The van der Waals surface area contributed by atoms with Crippen LogP contribution in [0.1, 0.15) is 43.2 Å². The number of ether oxygens (including phenoxy) is 2. The number of hydrogen-bond donors (Lipinski definition) is 1. The van der Waals surface area contributed by atoms with Gasteiger partial charge in [0.2, 0.25) is 0 Å². The number of rotatable bonds is 9. The van der Waals surface area contributed by atoms with Gasteiger partial charge in [0.15, 0.2) is 17.2 Å². The summed E-state index contributed by atoms with van der Waals surface area (Å²) in [6.07, 6.45) is 2.95. The Morgan fingerprint density at radius 2 is 1.97 bits per heavy atom. The van der Waals surface area contributed by atoms with Gasteiger partial charge in [-0.1, -0.05) is 53.9 Å². The van der Waals surface area contributed by atoms with Crippen LogP contribution in [0.4, 0.5) is 0 Å². The van der Waals surface area contributed by atoms with Gasteiger partial charge in [-0.15, -0.1) is 11.3 Å². The number of allylic oxidation sites excluding steroid dienone is 1. The van der Waals surface area contributed by atoms with Crippen LogP contribution < -0.4 is 19.6 Å². The maximum Gasteiger partial charge on any atom is 0.341 e. The predicted octanol–water partition coefficient (Wildman–Crippen LogP) is 4.41. The molecule has 3 heterocycles. The van der Waals surface area contributed by atoms with Crippen LogP contribution in [-0.4, -0.2) is 34.8 Å². The lowest BCUT2D eigenvalue weighted by atomic mass is 9.99. The highest BCUT2D eigenvalue weighted by Crippen LogP contribution is 2.36. The highest BCUT2D eigenvalue weighted by atomic mass is 35.5. The number of carboxylic acid groups (broad SMARTS) is 1. The van der Waals surface area contributed by atoms with E-state index in [0.29, 0.717) is 32.6 Å². The average Bonchev–Trinajstić information content (AvgIpc) is 3.46. The molecule has 0 amide bonds. The van der Waals surface area contributed by atoms with E-state index in [0.717, 1.165) is 11.3 Å². The van der Waals surface area contributed by atoms with E-state index in [1.54, 1.807) is 13.0 Å². The van der Waals surface area contributed by atoms with Crippen LogP contribution in [0.15, 0.2) is 50.7 Å². The van der Waals surface area contributed by atoms with Gasteiger partial charge in [-0.2, -0.15) is 0 Å². The Morgan fingerprint density at radius 3 is 2.57 bits per heavy atom. The van der Waals surface area contributed by atoms with Crippen molar-refractivity contribution < 1.29 is 24.2 Å². The standard InChI is InChI=1S/C25H22Cl2N2O6S2/c1-3-6-16-20(24(33)34-4-2)21(17-7-5-8-36-17)29-23(32)18(37-25(29)28-16)11-13-9-14(26)22(15(27)10-13)35-12-19(30)31/h5,7-11,21H,3-4,6,12H2,1-2H3,(H,30,31)/b18-11-/t21-/m1/s1. The highest BCUT2D eigenvalue weighted by molar-refractivity contribution is 7.10. The van der Waals surface area contributed by atoms with E-state index in [4.69, 9.17) is 42.8 Å². The van der Waals surface area contributed by atoms with E-state index in [9.17, 15) is 14.4 Å². The van der Waals surface area contributed by atoms with Gasteiger partial charge >= 0.3 is 11.9 Å². The molecule has 194 valence electrons. The summed E-state index contributed by atoms with van der Waals surface area (Å²) < 4.78 is 12.4. The predicted molar refractivity (Wildman–Crippen MR) is 144 cm³/mol. The zero-order valence-corrected chi connectivity index (χ0v) is 23.0. The van der Waals surface area contributed by atoms with Crippen molar-refractivity contribution in [1.82, 2.24) is 4.57 Å². The van der Waals surface area contributed by atoms with Gasteiger partial charge < -0.3 is 14.6 Å². The number of aromatic nitrogens is 1. The van der Waals surface area contributed by atoms with E-state index in [-0.39, 0.29) is 28.0 Å². The van der Waals surface area contributed by atoms with Gasteiger partial charge in [0.05, 0.1) is 32.5 Å². The second kappa shape index (κ2) is 11.6. The number of thiophene rings is 1. The van der Waals surface area contributed by atoms with Gasteiger partial charge in [-0.25, -0.2) is 14.6 Å². The molecule has 8 nitrogen and oxygen atoms in total. The average molecular weight is 581 g/mol. The Bertz CT molecular complexity index is 1530. The molecule has 0 saturated carbocycles. The summed E-state index contributed by atoms with van der Waals surface area (Å²) in [7, 11) is 0. The number of halogens is 2. The van der Waals surface area contributed by atoms with Gasteiger partial charge in [-0.3, -0.25) is 9.36 Å². The van der Waals surface area contributed by atoms with Crippen molar-refractivity contribution in [1.29, 1.82) is 0 Å². The van der Waals surface area contributed by atoms with E-state index >= 15 is 0 Å². The Hall–Kier alpha value is -2.92. The smallest absolute Gasteiger partial charge is 0.341 e. The minimum atomic E-state index is -1.16. The molecule has 0 aliphatic carbocycles. The third-order valence-corrected chi connectivity index (χ3v) is 7.83. The van der Waals surface area contributed by atoms with Crippen molar-refractivity contribution in [3.8, 4) is 5.75 Å². The number of thiazole rings is 1. The molecule has 12 heteroatoms. The molecule has 1 N–H and O–H groups in total. The molecule has 4 rings (SSSR count). The summed E-state index contributed by atoms with van der Waals surface area (Å²) in [4.78, 5) is 43.6. The van der Waals surface area contributed by atoms with Gasteiger partial charge in [-0.05, 0) is 48.6 Å². The first kappa shape index (κ1) is 27.1. The number of carbonyl (C=O) groups is 2. The number of esters is 1. The van der Waals surface area contributed by atoms with E-state index in [1.807, 2.05) is 24.4 Å². The van der Waals surface area contributed by atoms with Crippen LogP contribution in [-0.2, 0) is 14.3 Å². The molecule has 0 unspecified atom stereocenters. The van der Waals surface area contributed by atoms with E-state index in [1.165, 1.54) is 39.4 Å². The minimum absolute atomic E-state index is 0.0466. The monoisotopic (exact) mass is 580 g/mol. The summed E-state index contributed by atoms with van der Waals surface area (Å²) in [5.41, 5.74) is 1.18. The Balaban J connectivity index is 1.87. The Kier molecular flexibility index (Phi) is 8.53. The van der Waals surface area contributed by atoms with Crippen LogP contribution in [0.25, 0.3) is 6.08 Å². The highest BCUT2D eigenvalue weighted by Gasteiger charge is 2.34. The summed E-state index contributed by atoms with van der Waals surface area (Å²) in [5, 5.41) is 11.0. The van der Waals surface area contributed by atoms with Crippen molar-refractivity contribution in [3.05, 3.63) is 81.1 Å². The van der Waals surface area contributed by atoms with Crippen LogP contribution in [0.3, 0.4) is 0 Å². The lowest BCUT2D eigenvalue weighted by Gasteiger charge is -2.24. The fourth-order valence-electron chi connectivity index (χ4n) is 3.92. The lowest BCUT2D eigenvalue weighted by Crippen LogP contribution is -2.39. The molecular weight excluding hydrogens is 559 g/mol. The van der Waals surface area contributed by atoms with Crippen molar-refractivity contribution in [3.63, 3.8) is 0 Å². The Labute approximate surface area is 229 Å². The zero-order valence-electron chi connectivity index (χ0n) is 19.8. The summed E-state index contributed by atoms with van der Waals surface area (Å²) >= 11 is 15.2. The molecule has 3 aromatic rings. The Morgan fingerprint density at radius 1 is 1.24 bits per heavy atom. The molecule has 0 saturated heterocycles. The maximum absolute atomic E-state index is 13.7. The summed E-state index contributed by atoms with van der Waals surface area (Å²) in [6.45, 7) is 3.35. The fraction of sp³-hybridized carbons (Fsp3) is 0.280. The molecular formula is C25H22Cl2N2O6S2. The van der Waals surface area contributed by atoms with E-state index < -0.39 is 24.6 Å². The van der Waals surface area contributed by atoms with Crippen LogP contribution in [0.5, 0.6) is 5.75 Å². The molecule has 1 aliphatic rings. The molecule has 1 aliphatic heterocycles. The van der Waals surface area contributed by atoms with Gasteiger partial charge in [0, 0.05) is 4.88 Å². The number of benzene rings is 1. The van der Waals surface area contributed by atoms with Crippen molar-refractivity contribution >= 4 is 63.9 Å². The maximum atomic E-state index is 13.7. The largest absolute Gasteiger partial charge is 0.479 e. The first-order valence-electron chi connectivity index (χ1n) is 11.3. The minimum Gasteiger partial charge on any atom is -0.479 e. The molecule has 0 fully saturated rings. The number of carbonyl (C=O) groups excluding carboxylic acids is 1. The number of hydrogen-bond acceptors (Lipinski definition) is 8. The van der Waals surface area contributed by atoms with Gasteiger partial charge in [0.25, 0.3) is 5.56 Å². The second-order valence-electron chi connectivity index (χ2n) is 7.93. The van der Waals surface area contributed by atoms with Crippen LogP contribution >= 0.6 is 45.9 Å². The van der Waals surface area contributed by atoms with Gasteiger partial charge in [0.1, 0.15) is 6.04 Å². The molecule has 0 bridgehead atoms. The summed E-state index contributed by atoms with van der Waals surface area (Å²) in [5.74, 6) is -1.61. The first-order valence-corrected chi connectivity index (χ1v) is 13.8. The van der Waals surface area contributed by atoms with Crippen molar-refractivity contribution in [2.75, 3.05) is 13.2 Å². The molecule has 0 radical (unpaired) electrons. The number of aliphatic carboxylic acids is 1. The normalized spacial score (nSPS) is 15.4. The van der Waals surface area contributed by atoms with Crippen molar-refractivity contribution in [2.24, 2.45) is 4.99 Å². The van der Waals surface area contributed by atoms with E-state index in [2.05, 4.69) is 0 Å². The molecule has 37 heavy (non-hydrogen) atoms. The number of carboxylic acids is 1. The topological polar surface area (TPSA) is 107 Å². The second-order valence-corrected chi connectivity index (χ2v) is 10.7. The van der Waals surface area contributed by atoms with Crippen LogP contribution in [0, 0.1) is 0 Å². The number of nitrogens with zero attached hydrogens (tertiary/aromatic N) is 2. The lowest BCUT2D eigenvalue weighted by molar-refractivity contribution is -0.140. The quantitative estimate of drug-likeness (QED) is 0.376. The third-order valence-electron chi connectivity index (χ3n) is 5.36. The molecule has 1 aromatic carbocycles. The fourth-order valence-corrected chi connectivity index (χ4v) is 6.38. The number of fused-ring (bicyclic) bond motifs is 1. The zero-order chi connectivity index (χ0) is 26.7. The first-order chi connectivity index (χ1) is 17.7. The van der Waals surface area contributed by atoms with Crippen molar-refractivity contribution in [2.45, 2.75) is 32.7 Å². The SMILES string of the molecule is CCCC1=C(C(=O)OCC)[C@@H](c2cccs2)n2c(s/c(=C\c3cc(Cl)c(OCC(=O)O)c(Cl)c3)c2=O)=N1.